The average molecular weight is 396 g/mol. The minimum Gasteiger partial charge on any atom is -0.369 e. The van der Waals surface area contributed by atoms with Crippen LogP contribution in [0.5, 0.6) is 0 Å². The van der Waals surface area contributed by atoms with Gasteiger partial charge in [0.05, 0.1) is 4.92 Å². The second-order valence-electron chi connectivity index (χ2n) is 5.65. The summed E-state index contributed by atoms with van der Waals surface area (Å²) in [6.45, 7) is 2.95. The number of carbonyl (C=O) groups is 1. The van der Waals surface area contributed by atoms with E-state index in [9.17, 15) is 14.9 Å². The maximum atomic E-state index is 12.6. The number of amides is 1. The normalized spacial score (nSPS) is 10.4. The monoisotopic (exact) mass is 395 g/mol. The minimum atomic E-state index is -0.512. The number of alkyl halides is 2. The van der Waals surface area contributed by atoms with Crippen molar-refractivity contribution >= 4 is 46.2 Å². The Morgan fingerprint density at radius 2 is 1.85 bits per heavy atom. The molecule has 138 valence electrons. The van der Waals surface area contributed by atoms with Crippen LogP contribution in [-0.4, -0.2) is 35.7 Å². The number of hydrogen-bond donors (Lipinski definition) is 1. The van der Waals surface area contributed by atoms with E-state index in [1.807, 2.05) is 11.0 Å². The van der Waals surface area contributed by atoms with E-state index in [0.717, 1.165) is 11.3 Å². The van der Waals surface area contributed by atoms with Gasteiger partial charge in [-0.3, -0.25) is 14.9 Å². The molecule has 8 heteroatoms. The molecule has 1 amide bonds. The maximum absolute atomic E-state index is 12.6. The molecule has 0 heterocycles. The summed E-state index contributed by atoms with van der Waals surface area (Å²) in [4.78, 5) is 25.2. The number of aryl methyl sites for hydroxylation is 1. The van der Waals surface area contributed by atoms with E-state index in [-0.39, 0.29) is 11.4 Å². The molecule has 26 heavy (non-hydrogen) atoms. The van der Waals surface area contributed by atoms with Gasteiger partial charge in [0.2, 0.25) is 0 Å². The van der Waals surface area contributed by atoms with E-state index in [0.29, 0.717) is 30.4 Å². The van der Waals surface area contributed by atoms with Crippen LogP contribution in [0.4, 0.5) is 17.1 Å². The van der Waals surface area contributed by atoms with Crippen LogP contribution in [0.2, 0.25) is 0 Å². The summed E-state index contributed by atoms with van der Waals surface area (Å²) in [7, 11) is 0. The molecule has 0 fully saturated rings. The van der Waals surface area contributed by atoms with E-state index < -0.39 is 10.8 Å². The standard InChI is InChI=1S/C18H19Cl2N3O3/c1-13-5-6-16(17(11-13)23(25)26)21-18(24)14-3-2-4-15(12-14)22(9-7-19)10-8-20/h2-6,11-12H,7-10H2,1H3,(H,21,24). The zero-order valence-corrected chi connectivity index (χ0v) is 15.8. The topological polar surface area (TPSA) is 75.5 Å². The Morgan fingerprint density at radius 3 is 2.46 bits per heavy atom. The number of anilines is 2. The van der Waals surface area contributed by atoms with Crippen molar-refractivity contribution in [1.29, 1.82) is 0 Å². The highest BCUT2D eigenvalue weighted by atomic mass is 35.5. The molecule has 0 radical (unpaired) electrons. The Hall–Kier alpha value is -2.31. The Labute approximate surface area is 161 Å². The van der Waals surface area contributed by atoms with Crippen molar-refractivity contribution in [1.82, 2.24) is 0 Å². The number of nitrogens with zero attached hydrogens (tertiary/aromatic N) is 2. The van der Waals surface area contributed by atoms with Gasteiger partial charge in [-0.05, 0) is 36.8 Å². The molecule has 0 unspecified atom stereocenters. The van der Waals surface area contributed by atoms with Crippen LogP contribution in [0, 0.1) is 17.0 Å². The van der Waals surface area contributed by atoms with E-state index in [2.05, 4.69) is 5.32 Å². The predicted molar refractivity (Wildman–Crippen MR) is 106 cm³/mol. The third kappa shape index (κ3) is 5.09. The molecule has 0 saturated carbocycles. The Bertz CT molecular complexity index is 793. The number of halogens is 2. The van der Waals surface area contributed by atoms with Crippen molar-refractivity contribution in [2.24, 2.45) is 0 Å². The first-order chi connectivity index (χ1) is 12.5. The Morgan fingerprint density at radius 1 is 1.15 bits per heavy atom. The number of hydrogen-bond acceptors (Lipinski definition) is 4. The van der Waals surface area contributed by atoms with E-state index in [1.54, 1.807) is 31.2 Å². The molecule has 0 aliphatic heterocycles. The zero-order valence-electron chi connectivity index (χ0n) is 14.2. The molecule has 0 atom stereocenters. The summed E-state index contributed by atoms with van der Waals surface area (Å²) in [5.74, 6) is 0.446. The van der Waals surface area contributed by atoms with Gasteiger partial charge in [0.15, 0.2) is 0 Å². The van der Waals surface area contributed by atoms with Crippen molar-refractivity contribution in [3.05, 3.63) is 63.7 Å². The van der Waals surface area contributed by atoms with Crippen LogP contribution in [0.1, 0.15) is 15.9 Å². The van der Waals surface area contributed by atoms with Gasteiger partial charge in [0.1, 0.15) is 5.69 Å². The molecule has 2 aromatic carbocycles. The molecule has 0 bridgehead atoms. The molecule has 0 aromatic heterocycles. The molecule has 0 saturated heterocycles. The van der Waals surface area contributed by atoms with Crippen LogP contribution in [-0.2, 0) is 0 Å². The number of benzene rings is 2. The highest BCUT2D eigenvalue weighted by Gasteiger charge is 2.17. The molecule has 6 nitrogen and oxygen atoms in total. The van der Waals surface area contributed by atoms with E-state index in [1.165, 1.54) is 12.1 Å². The molecular weight excluding hydrogens is 377 g/mol. The molecule has 2 rings (SSSR count). The SMILES string of the molecule is Cc1ccc(NC(=O)c2cccc(N(CCCl)CCCl)c2)c([N+](=O)[O-])c1. The summed E-state index contributed by atoms with van der Waals surface area (Å²) >= 11 is 11.6. The van der Waals surface area contributed by atoms with Gasteiger partial charge in [0.25, 0.3) is 11.6 Å². The minimum absolute atomic E-state index is 0.139. The summed E-state index contributed by atoms with van der Waals surface area (Å²) < 4.78 is 0. The van der Waals surface area contributed by atoms with Crippen LogP contribution in [0.15, 0.2) is 42.5 Å². The lowest BCUT2D eigenvalue weighted by Gasteiger charge is -2.23. The Balaban J connectivity index is 2.25. The van der Waals surface area contributed by atoms with Gasteiger partial charge in [-0.2, -0.15) is 0 Å². The first kappa shape index (κ1) is 20.0. The Kier molecular flexibility index (Phi) is 7.24. The first-order valence-electron chi connectivity index (χ1n) is 7.99. The van der Waals surface area contributed by atoms with Crippen molar-refractivity contribution in [2.75, 3.05) is 35.1 Å². The van der Waals surface area contributed by atoms with Crippen molar-refractivity contribution in [3.63, 3.8) is 0 Å². The highest BCUT2D eigenvalue weighted by molar-refractivity contribution is 6.18. The highest BCUT2D eigenvalue weighted by Crippen LogP contribution is 2.26. The summed E-state index contributed by atoms with van der Waals surface area (Å²) in [6.07, 6.45) is 0. The lowest BCUT2D eigenvalue weighted by Crippen LogP contribution is -2.27. The number of carbonyl (C=O) groups excluding carboxylic acids is 1. The maximum Gasteiger partial charge on any atom is 0.293 e. The molecule has 0 spiro atoms. The van der Waals surface area contributed by atoms with Crippen LogP contribution in [0.25, 0.3) is 0 Å². The number of rotatable bonds is 8. The average Bonchev–Trinajstić information content (AvgIpc) is 2.63. The van der Waals surface area contributed by atoms with Gasteiger partial charge in [-0.1, -0.05) is 12.1 Å². The fourth-order valence-electron chi connectivity index (χ4n) is 2.51. The van der Waals surface area contributed by atoms with E-state index >= 15 is 0 Å². The zero-order chi connectivity index (χ0) is 19.1. The number of nitro benzene ring substituents is 1. The number of nitro groups is 1. The number of nitrogens with one attached hydrogen (secondary N) is 1. The molecule has 1 N–H and O–H groups in total. The first-order valence-corrected chi connectivity index (χ1v) is 9.06. The van der Waals surface area contributed by atoms with Crippen molar-refractivity contribution < 1.29 is 9.72 Å². The molecule has 2 aromatic rings. The second-order valence-corrected chi connectivity index (χ2v) is 6.40. The predicted octanol–water partition coefficient (Wildman–Crippen LogP) is 4.44. The fraction of sp³-hybridized carbons (Fsp3) is 0.278. The summed E-state index contributed by atoms with van der Waals surface area (Å²) in [6, 6.07) is 11.7. The van der Waals surface area contributed by atoms with Crippen LogP contribution in [0.3, 0.4) is 0 Å². The van der Waals surface area contributed by atoms with Crippen LogP contribution < -0.4 is 10.2 Å². The van der Waals surface area contributed by atoms with Crippen molar-refractivity contribution in [3.8, 4) is 0 Å². The summed E-state index contributed by atoms with van der Waals surface area (Å²) in [5.41, 5.74) is 1.98. The molecule has 0 aliphatic rings. The third-order valence-electron chi connectivity index (χ3n) is 3.78. The lowest BCUT2D eigenvalue weighted by molar-refractivity contribution is -0.384. The van der Waals surface area contributed by atoms with Gasteiger partial charge in [-0.25, -0.2) is 0 Å². The van der Waals surface area contributed by atoms with Crippen LogP contribution >= 0.6 is 23.2 Å². The fourth-order valence-corrected chi connectivity index (χ4v) is 2.92. The third-order valence-corrected chi connectivity index (χ3v) is 4.12. The second kappa shape index (κ2) is 9.40. The van der Waals surface area contributed by atoms with Gasteiger partial charge in [-0.15, -0.1) is 23.2 Å². The van der Waals surface area contributed by atoms with E-state index in [4.69, 9.17) is 23.2 Å². The molecule has 0 aliphatic carbocycles. The molecular formula is C18H19Cl2N3O3. The van der Waals surface area contributed by atoms with Gasteiger partial charge < -0.3 is 10.2 Å². The smallest absolute Gasteiger partial charge is 0.293 e. The lowest BCUT2D eigenvalue weighted by atomic mass is 10.1. The van der Waals surface area contributed by atoms with Gasteiger partial charge in [0, 0.05) is 42.2 Å². The van der Waals surface area contributed by atoms with Gasteiger partial charge >= 0.3 is 0 Å². The van der Waals surface area contributed by atoms with Crippen molar-refractivity contribution in [2.45, 2.75) is 6.92 Å². The summed E-state index contributed by atoms with van der Waals surface area (Å²) in [5, 5.41) is 13.8. The largest absolute Gasteiger partial charge is 0.369 e. The quantitative estimate of drug-likeness (QED) is 0.407.